The van der Waals surface area contributed by atoms with Crippen molar-refractivity contribution < 1.29 is 4.74 Å². The van der Waals surface area contributed by atoms with Gasteiger partial charge < -0.3 is 10.1 Å². The van der Waals surface area contributed by atoms with Gasteiger partial charge in [-0.25, -0.2) is 4.98 Å². The maximum absolute atomic E-state index is 8.67. The third kappa shape index (κ3) is 3.38. The van der Waals surface area contributed by atoms with E-state index in [0.717, 1.165) is 22.6 Å². The van der Waals surface area contributed by atoms with Gasteiger partial charge in [0.2, 0.25) is 0 Å². The zero-order chi connectivity index (χ0) is 15.2. The molecule has 1 aromatic heterocycles. The standard InChI is InChI=1S/C15H12N4OS/c1-10-3-4-14(20-2)12(5-10)13-9-21-15(19-13)18-8-11(6-16)7-17/h3-5,8-9H,1-2H3,(H,18,19). The quantitative estimate of drug-likeness (QED) is 0.874. The van der Waals surface area contributed by atoms with Crippen LogP contribution in [0, 0.1) is 29.6 Å². The van der Waals surface area contributed by atoms with E-state index in [1.54, 1.807) is 19.2 Å². The number of nitriles is 2. The summed E-state index contributed by atoms with van der Waals surface area (Å²) >= 11 is 1.39. The summed E-state index contributed by atoms with van der Waals surface area (Å²) in [6, 6.07) is 9.44. The van der Waals surface area contributed by atoms with Crippen molar-refractivity contribution in [2.75, 3.05) is 12.4 Å². The van der Waals surface area contributed by atoms with E-state index >= 15 is 0 Å². The molecule has 21 heavy (non-hydrogen) atoms. The highest BCUT2D eigenvalue weighted by Crippen LogP contribution is 2.32. The summed E-state index contributed by atoms with van der Waals surface area (Å²) in [6.45, 7) is 2.00. The van der Waals surface area contributed by atoms with Gasteiger partial charge in [-0.3, -0.25) is 0 Å². The number of thiazole rings is 1. The van der Waals surface area contributed by atoms with Crippen molar-refractivity contribution in [1.82, 2.24) is 4.98 Å². The summed E-state index contributed by atoms with van der Waals surface area (Å²) in [7, 11) is 1.62. The lowest BCUT2D eigenvalue weighted by Crippen LogP contribution is -1.91. The van der Waals surface area contributed by atoms with E-state index in [0.29, 0.717) is 5.13 Å². The average Bonchev–Trinajstić information content (AvgIpc) is 2.97. The van der Waals surface area contributed by atoms with Gasteiger partial charge in [-0.05, 0) is 19.1 Å². The fraction of sp³-hybridized carbons (Fsp3) is 0.133. The molecule has 1 heterocycles. The minimum atomic E-state index is -0.000105. The number of allylic oxidation sites excluding steroid dienone is 1. The van der Waals surface area contributed by atoms with E-state index in [1.807, 2.05) is 30.5 Å². The predicted molar refractivity (Wildman–Crippen MR) is 81.8 cm³/mol. The van der Waals surface area contributed by atoms with Crippen molar-refractivity contribution in [3.63, 3.8) is 0 Å². The molecule has 0 bridgehead atoms. The van der Waals surface area contributed by atoms with Gasteiger partial charge in [-0.15, -0.1) is 11.3 Å². The molecular weight excluding hydrogens is 284 g/mol. The van der Waals surface area contributed by atoms with Crippen molar-refractivity contribution in [3.8, 4) is 29.1 Å². The van der Waals surface area contributed by atoms with Crippen LogP contribution < -0.4 is 10.1 Å². The number of rotatable bonds is 4. The molecule has 1 N–H and O–H groups in total. The van der Waals surface area contributed by atoms with Gasteiger partial charge in [0, 0.05) is 17.1 Å². The molecule has 0 fully saturated rings. The number of ether oxygens (including phenoxy) is 1. The number of methoxy groups -OCH3 is 1. The van der Waals surface area contributed by atoms with Crippen molar-refractivity contribution >= 4 is 16.5 Å². The first kappa shape index (κ1) is 14.6. The molecule has 0 aliphatic rings. The molecule has 1 aromatic carbocycles. The Morgan fingerprint density at radius 2 is 2.14 bits per heavy atom. The fourth-order valence-corrected chi connectivity index (χ4v) is 2.39. The molecule has 0 spiro atoms. The summed E-state index contributed by atoms with van der Waals surface area (Å²) < 4.78 is 5.34. The number of anilines is 1. The lowest BCUT2D eigenvalue weighted by molar-refractivity contribution is 0.416. The first-order chi connectivity index (χ1) is 10.2. The summed E-state index contributed by atoms with van der Waals surface area (Å²) in [6.07, 6.45) is 1.34. The number of aryl methyl sites for hydroxylation is 1. The molecular formula is C15H12N4OS. The molecule has 0 aliphatic carbocycles. The lowest BCUT2D eigenvalue weighted by Gasteiger charge is -2.06. The van der Waals surface area contributed by atoms with Crippen LogP contribution in [0.1, 0.15) is 5.56 Å². The SMILES string of the molecule is COc1ccc(C)cc1-c1csc(NC=C(C#N)C#N)n1. The molecule has 0 amide bonds. The van der Waals surface area contributed by atoms with E-state index in [9.17, 15) is 0 Å². The minimum Gasteiger partial charge on any atom is -0.496 e. The van der Waals surface area contributed by atoms with Crippen LogP contribution in [0.15, 0.2) is 35.4 Å². The Kier molecular flexibility index (Phi) is 4.55. The summed E-state index contributed by atoms with van der Waals surface area (Å²) in [5, 5.41) is 22.7. The number of aromatic nitrogens is 1. The zero-order valence-corrected chi connectivity index (χ0v) is 12.4. The summed E-state index contributed by atoms with van der Waals surface area (Å²) in [5.41, 5.74) is 2.81. The largest absolute Gasteiger partial charge is 0.496 e. The Labute approximate surface area is 126 Å². The van der Waals surface area contributed by atoms with E-state index in [-0.39, 0.29) is 5.57 Å². The smallest absolute Gasteiger partial charge is 0.187 e. The van der Waals surface area contributed by atoms with Crippen LogP contribution in [0.25, 0.3) is 11.3 Å². The third-order valence-electron chi connectivity index (χ3n) is 2.72. The first-order valence-corrected chi connectivity index (χ1v) is 6.93. The van der Waals surface area contributed by atoms with Gasteiger partial charge in [-0.2, -0.15) is 10.5 Å². The number of nitrogens with one attached hydrogen (secondary N) is 1. The van der Waals surface area contributed by atoms with Crippen LogP contribution in [0.5, 0.6) is 5.75 Å². The predicted octanol–water partition coefficient (Wildman–Crippen LogP) is 3.47. The highest BCUT2D eigenvalue weighted by atomic mass is 32.1. The minimum absolute atomic E-state index is 0.000105. The van der Waals surface area contributed by atoms with Crippen molar-refractivity contribution in [2.24, 2.45) is 0 Å². The van der Waals surface area contributed by atoms with Gasteiger partial charge in [0.25, 0.3) is 0 Å². The monoisotopic (exact) mass is 296 g/mol. The topological polar surface area (TPSA) is 81.7 Å². The highest BCUT2D eigenvalue weighted by molar-refractivity contribution is 7.14. The Balaban J connectivity index is 2.29. The van der Waals surface area contributed by atoms with Gasteiger partial charge in [0.1, 0.15) is 23.5 Å². The van der Waals surface area contributed by atoms with Gasteiger partial charge in [-0.1, -0.05) is 11.6 Å². The molecule has 0 saturated heterocycles. The normalized spacial score (nSPS) is 9.33. The third-order valence-corrected chi connectivity index (χ3v) is 3.49. The second-order valence-electron chi connectivity index (χ2n) is 4.17. The van der Waals surface area contributed by atoms with Crippen LogP contribution >= 0.6 is 11.3 Å². The summed E-state index contributed by atoms with van der Waals surface area (Å²) in [5.74, 6) is 0.753. The van der Waals surface area contributed by atoms with E-state index in [2.05, 4.69) is 10.3 Å². The molecule has 0 saturated carbocycles. The maximum atomic E-state index is 8.67. The number of hydrogen-bond donors (Lipinski definition) is 1. The van der Waals surface area contributed by atoms with Crippen molar-refractivity contribution in [1.29, 1.82) is 10.5 Å². The van der Waals surface area contributed by atoms with E-state index in [1.165, 1.54) is 17.5 Å². The van der Waals surface area contributed by atoms with Gasteiger partial charge in [0.05, 0.1) is 12.8 Å². The highest BCUT2D eigenvalue weighted by Gasteiger charge is 2.10. The molecule has 0 radical (unpaired) electrons. The maximum Gasteiger partial charge on any atom is 0.187 e. The van der Waals surface area contributed by atoms with Crippen LogP contribution in [0.4, 0.5) is 5.13 Å². The lowest BCUT2D eigenvalue weighted by atomic mass is 10.1. The van der Waals surface area contributed by atoms with E-state index in [4.69, 9.17) is 15.3 Å². The number of benzene rings is 1. The van der Waals surface area contributed by atoms with Crippen LogP contribution in [-0.4, -0.2) is 12.1 Å². The second kappa shape index (κ2) is 6.56. The zero-order valence-electron chi connectivity index (χ0n) is 11.5. The van der Waals surface area contributed by atoms with E-state index < -0.39 is 0 Å². The van der Waals surface area contributed by atoms with Gasteiger partial charge in [0.15, 0.2) is 5.13 Å². The molecule has 2 rings (SSSR count). The average molecular weight is 296 g/mol. The van der Waals surface area contributed by atoms with Crippen molar-refractivity contribution in [2.45, 2.75) is 6.92 Å². The number of nitrogens with zero attached hydrogens (tertiary/aromatic N) is 3. The molecule has 104 valence electrons. The van der Waals surface area contributed by atoms with Gasteiger partial charge >= 0.3 is 0 Å². The molecule has 0 unspecified atom stereocenters. The molecule has 0 atom stereocenters. The molecule has 2 aromatic rings. The summed E-state index contributed by atoms with van der Waals surface area (Å²) in [4.78, 5) is 4.43. The molecule has 5 nitrogen and oxygen atoms in total. The van der Waals surface area contributed by atoms with Crippen LogP contribution in [-0.2, 0) is 0 Å². The molecule has 6 heteroatoms. The number of hydrogen-bond acceptors (Lipinski definition) is 6. The van der Waals surface area contributed by atoms with Crippen LogP contribution in [0.3, 0.4) is 0 Å². The molecule has 0 aliphatic heterocycles. The Hall–Kier alpha value is -2.83. The van der Waals surface area contributed by atoms with Crippen molar-refractivity contribution in [3.05, 3.63) is 40.9 Å². The fourth-order valence-electron chi connectivity index (χ4n) is 1.71. The Bertz CT molecular complexity index is 749. The Morgan fingerprint density at radius 1 is 1.38 bits per heavy atom. The van der Waals surface area contributed by atoms with Crippen LogP contribution in [0.2, 0.25) is 0 Å². The second-order valence-corrected chi connectivity index (χ2v) is 5.03. The first-order valence-electron chi connectivity index (χ1n) is 6.05. The Morgan fingerprint density at radius 3 is 2.81 bits per heavy atom.